The standard InChI is InChI=1S/C16H24N2O2.ClH/c17-16(9-5-2-6-10-16)15(20)18-12-14(19)11-13-7-3-1-4-8-13;/h1,3-4,7-8,14,19H,2,5-6,9-12,17H2,(H,18,20);1H. The highest BCUT2D eigenvalue weighted by molar-refractivity contribution is 5.86. The van der Waals surface area contributed by atoms with Gasteiger partial charge in [-0.1, -0.05) is 49.6 Å². The third kappa shape index (κ3) is 5.30. The maximum absolute atomic E-state index is 12.1. The second-order valence-electron chi connectivity index (χ2n) is 5.77. The average Bonchev–Trinajstić information content (AvgIpc) is 2.46. The molecule has 1 aromatic rings. The first-order chi connectivity index (χ1) is 9.60. The van der Waals surface area contributed by atoms with Crippen molar-refractivity contribution in [3.05, 3.63) is 35.9 Å². The minimum atomic E-state index is -0.731. The van der Waals surface area contributed by atoms with Crippen molar-refractivity contribution in [3.63, 3.8) is 0 Å². The zero-order chi connectivity index (χ0) is 14.4. The fourth-order valence-corrected chi connectivity index (χ4v) is 2.75. The van der Waals surface area contributed by atoms with Crippen LogP contribution >= 0.6 is 12.4 Å². The molecule has 4 N–H and O–H groups in total. The predicted octanol–water partition coefficient (Wildman–Crippen LogP) is 1.79. The van der Waals surface area contributed by atoms with Crippen molar-refractivity contribution in [2.45, 2.75) is 50.2 Å². The number of aliphatic hydroxyl groups is 1. The molecule has 5 heteroatoms. The molecule has 1 atom stereocenters. The molecule has 1 aliphatic carbocycles. The Morgan fingerprint density at radius 2 is 1.86 bits per heavy atom. The fraction of sp³-hybridized carbons (Fsp3) is 0.562. The highest BCUT2D eigenvalue weighted by Crippen LogP contribution is 2.25. The fourth-order valence-electron chi connectivity index (χ4n) is 2.75. The first-order valence-electron chi connectivity index (χ1n) is 7.39. The van der Waals surface area contributed by atoms with Crippen LogP contribution in [0.25, 0.3) is 0 Å². The molecule has 0 saturated heterocycles. The predicted molar refractivity (Wildman–Crippen MR) is 86.4 cm³/mol. The van der Waals surface area contributed by atoms with Gasteiger partial charge in [-0.2, -0.15) is 0 Å². The van der Waals surface area contributed by atoms with Crippen molar-refractivity contribution in [1.82, 2.24) is 5.32 Å². The summed E-state index contributed by atoms with van der Waals surface area (Å²) >= 11 is 0. The Bertz CT molecular complexity index is 433. The molecule has 0 heterocycles. The summed E-state index contributed by atoms with van der Waals surface area (Å²) < 4.78 is 0. The van der Waals surface area contributed by atoms with Gasteiger partial charge in [0.15, 0.2) is 0 Å². The number of halogens is 1. The number of carbonyl (C=O) groups excluding carboxylic acids is 1. The highest BCUT2D eigenvalue weighted by Gasteiger charge is 2.35. The van der Waals surface area contributed by atoms with Crippen LogP contribution in [-0.2, 0) is 11.2 Å². The second-order valence-corrected chi connectivity index (χ2v) is 5.77. The number of hydrogen-bond acceptors (Lipinski definition) is 3. The van der Waals surface area contributed by atoms with Gasteiger partial charge >= 0.3 is 0 Å². The summed E-state index contributed by atoms with van der Waals surface area (Å²) in [5.41, 5.74) is 6.48. The Morgan fingerprint density at radius 1 is 1.24 bits per heavy atom. The van der Waals surface area contributed by atoms with Crippen LogP contribution in [-0.4, -0.2) is 29.2 Å². The lowest BCUT2D eigenvalue weighted by atomic mass is 9.82. The number of hydrogen-bond donors (Lipinski definition) is 3. The topological polar surface area (TPSA) is 75.4 Å². The molecule has 1 aromatic carbocycles. The van der Waals surface area contributed by atoms with Crippen molar-refractivity contribution in [1.29, 1.82) is 0 Å². The molecule has 1 aliphatic rings. The molecule has 0 bridgehead atoms. The Labute approximate surface area is 132 Å². The van der Waals surface area contributed by atoms with E-state index >= 15 is 0 Å². The van der Waals surface area contributed by atoms with Gasteiger partial charge in [0, 0.05) is 13.0 Å². The van der Waals surface area contributed by atoms with E-state index in [0.717, 1.165) is 37.7 Å². The van der Waals surface area contributed by atoms with Crippen molar-refractivity contribution < 1.29 is 9.90 Å². The van der Waals surface area contributed by atoms with Gasteiger partial charge < -0.3 is 16.2 Å². The quantitative estimate of drug-likeness (QED) is 0.776. The van der Waals surface area contributed by atoms with E-state index in [2.05, 4.69) is 5.32 Å². The molecule has 1 unspecified atom stereocenters. The van der Waals surface area contributed by atoms with Gasteiger partial charge in [0.1, 0.15) is 0 Å². The molecule has 2 rings (SSSR count). The lowest BCUT2D eigenvalue weighted by Crippen LogP contribution is -2.56. The number of nitrogens with two attached hydrogens (primary N) is 1. The third-order valence-corrected chi connectivity index (χ3v) is 4.01. The lowest BCUT2D eigenvalue weighted by molar-refractivity contribution is -0.128. The molecule has 21 heavy (non-hydrogen) atoms. The maximum Gasteiger partial charge on any atom is 0.240 e. The normalized spacial score (nSPS) is 18.4. The van der Waals surface area contributed by atoms with E-state index in [0.29, 0.717) is 6.42 Å². The Morgan fingerprint density at radius 3 is 2.48 bits per heavy atom. The molecule has 0 aliphatic heterocycles. The lowest BCUT2D eigenvalue weighted by Gasteiger charge is -2.32. The zero-order valence-corrected chi connectivity index (χ0v) is 13.1. The van der Waals surface area contributed by atoms with E-state index in [1.165, 1.54) is 0 Å². The van der Waals surface area contributed by atoms with E-state index < -0.39 is 11.6 Å². The summed E-state index contributed by atoms with van der Waals surface area (Å²) in [5.74, 6) is -0.121. The largest absolute Gasteiger partial charge is 0.391 e. The summed E-state index contributed by atoms with van der Waals surface area (Å²) in [6.45, 7) is 0.257. The van der Waals surface area contributed by atoms with E-state index in [9.17, 15) is 9.90 Å². The number of nitrogens with one attached hydrogen (secondary N) is 1. The van der Waals surface area contributed by atoms with Crippen molar-refractivity contribution in [3.8, 4) is 0 Å². The number of aliphatic hydroxyl groups excluding tert-OH is 1. The van der Waals surface area contributed by atoms with Crippen LogP contribution in [0.1, 0.15) is 37.7 Å². The van der Waals surface area contributed by atoms with Crippen LogP contribution in [0.4, 0.5) is 0 Å². The van der Waals surface area contributed by atoms with Crippen molar-refractivity contribution >= 4 is 18.3 Å². The van der Waals surface area contributed by atoms with Gasteiger partial charge in [-0.25, -0.2) is 0 Å². The number of rotatable bonds is 5. The first-order valence-corrected chi connectivity index (χ1v) is 7.39. The van der Waals surface area contributed by atoms with E-state index in [1.54, 1.807) is 0 Å². The van der Waals surface area contributed by atoms with Crippen LogP contribution in [0.3, 0.4) is 0 Å². The SMILES string of the molecule is Cl.NC1(C(=O)NCC(O)Cc2ccccc2)CCCCC1. The molecular weight excluding hydrogens is 288 g/mol. The monoisotopic (exact) mass is 312 g/mol. The maximum atomic E-state index is 12.1. The number of benzene rings is 1. The Hall–Kier alpha value is -1.10. The average molecular weight is 313 g/mol. The highest BCUT2D eigenvalue weighted by atomic mass is 35.5. The van der Waals surface area contributed by atoms with Crippen LogP contribution in [0.15, 0.2) is 30.3 Å². The summed E-state index contributed by atoms with van der Waals surface area (Å²) in [6, 6.07) is 9.77. The van der Waals surface area contributed by atoms with Crippen LogP contribution < -0.4 is 11.1 Å². The first kappa shape index (κ1) is 18.0. The van der Waals surface area contributed by atoms with Gasteiger partial charge in [0.2, 0.25) is 5.91 Å². The van der Waals surface area contributed by atoms with E-state index in [4.69, 9.17) is 5.73 Å². The Balaban J connectivity index is 0.00000220. The summed E-state index contributed by atoms with van der Waals surface area (Å²) in [5, 5.41) is 12.8. The molecule has 0 aromatic heterocycles. The third-order valence-electron chi connectivity index (χ3n) is 4.01. The molecule has 1 saturated carbocycles. The molecule has 1 amide bonds. The van der Waals surface area contributed by atoms with Crippen LogP contribution in [0, 0.1) is 0 Å². The number of carbonyl (C=O) groups is 1. The van der Waals surface area contributed by atoms with Gasteiger partial charge in [-0.05, 0) is 18.4 Å². The molecule has 118 valence electrons. The zero-order valence-electron chi connectivity index (χ0n) is 12.3. The van der Waals surface area contributed by atoms with Crippen molar-refractivity contribution in [2.24, 2.45) is 5.73 Å². The van der Waals surface area contributed by atoms with Crippen LogP contribution in [0.5, 0.6) is 0 Å². The van der Waals surface area contributed by atoms with Gasteiger partial charge in [0.25, 0.3) is 0 Å². The van der Waals surface area contributed by atoms with Gasteiger partial charge in [-0.15, -0.1) is 12.4 Å². The van der Waals surface area contributed by atoms with Crippen molar-refractivity contribution in [2.75, 3.05) is 6.54 Å². The summed E-state index contributed by atoms with van der Waals surface area (Å²) in [4.78, 5) is 12.1. The summed E-state index contributed by atoms with van der Waals surface area (Å²) in [6.07, 6.45) is 4.63. The minimum Gasteiger partial charge on any atom is -0.391 e. The van der Waals surface area contributed by atoms with Gasteiger partial charge in [0.05, 0.1) is 11.6 Å². The second kappa shape index (κ2) is 8.37. The van der Waals surface area contributed by atoms with Gasteiger partial charge in [-0.3, -0.25) is 4.79 Å². The van der Waals surface area contributed by atoms with Crippen LogP contribution in [0.2, 0.25) is 0 Å². The Kier molecular flexibility index (Phi) is 7.15. The molecule has 0 radical (unpaired) electrons. The molecule has 1 fully saturated rings. The smallest absolute Gasteiger partial charge is 0.240 e. The van der Waals surface area contributed by atoms with E-state index in [1.807, 2.05) is 30.3 Å². The molecule has 0 spiro atoms. The minimum absolute atomic E-state index is 0. The molecule has 4 nitrogen and oxygen atoms in total. The van der Waals surface area contributed by atoms with E-state index in [-0.39, 0.29) is 24.9 Å². The molecular formula is C16H25ClN2O2. The number of amides is 1. The summed E-state index contributed by atoms with van der Waals surface area (Å²) in [7, 11) is 0.